The van der Waals surface area contributed by atoms with Crippen LogP contribution in [0.15, 0.2) is 35.3 Å². The van der Waals surface area contributed by atoms with E-state index in [9.17, 15) is 0 Å². The van der Waals surface area contributed by atoms with Crippen molar-refractivity contribution in [3.63, 3.8) is 0 Å². The molecule has 1 heterocycles. The molecule has 28 heavy (non-hydrogen) atoms. The molecule has 2 rings (SSSR count). The minimum atomic E-state index is 0.127. The van der Waals surface area contributed by atoms with E-state index in [0.717, 1.165) is 70.4 Å². The van der Waals surface area contributed by atoms with Gasteiger partial charge in [0, 0.05) is 37.7 Å². The highest BCUT2D eigenvalue weighted by atomic mass is 32.2. The zero-order valence-corrected chi connectivity index (χ0v) is 18.5. The Labute approximate surface area is 175 Å². The first-order chi connectivity index (χ1) is 13.7. The normalized spacial score (nSPS) is 17.9. The predicted molar refractivity (Wildman–Crippen MR) is 120 cm³/mol. The third-order valence-electron chi connectivity index (χ3n) is 4.97. The number of hydrogen-bond donors (Lipinski definition) is 2. The van der Waals surface area contributed by atoms with Gasteiger partial charge < -0.3 is 20.1 Å². The molecule has 0 radical (unpaired) electrons. The summed E-state index contributed by atoms with van der Waals surface area (Å²) in [7, 11) is 0. The third-order valence-corrected chi connectivity index (χ3v) is 6.41. The number of hydrogen-bond acceptors (Lipinski definition) is 4. The molecule has 2 N–H and O–H groups in total. The van der Waals surface area contributed by atoms with Gasteiger partial charge in [-0.2, -0.15) is 11.8 Å². The second-order valence-electron chi connectivity index (χ2n) is 7.13. The number of aliphatic imine (C=N–C) groups is 1. The molecule has 0 saturated carbocycles. The van der Waals surface area contributed by atoms with Crippen LogP contribution >= 0.6 is 11.8 Å². The van der Waals surface area contributed by atoms with E-state index in [1.807, 2.05) is 17.8 Å². The van der Waals surface area contributed by atoms with Crippen molar-refractivity contribution in [3.8, 4) is 0 Å². The lowest BCUT2D eigenvalue weighted by Crippen LogP contribution is -2.41. The van der Waals surface area contributed by atoms with Crippen molar-refractivity contribution >= 4 is 17.7 Å². The van der Waals surface area contributed by atoms with Gasteiger partial charge in [-0.1, -0.05) is 37.3 Å². The summed E-state index contributed by atoms with van der Waals surface area (Å²) in [5, 5.41) is 6.82. The fourth-order valence-electron chi connectivity index (χ4n) is 3.32. The summed E-state index contributed by atoms with van der Waals surface area (Å²) < 4.78 is 11.7. The first kappa shape index (κ1) is 23.0. The molecule has 1 atom stereocenters. The van der Waals surface area contributed by atoms with Crippen molar-refractivity contribution in [1.82, 2.24) is 10.6 Å². The van der Waals surface area contributed by atoms with Crippen LogP contribution in [0.4, 0.5) is 0 Å². The van der Waals surface area contributed by atoms with Crippen LogP contribution in [0, 0.1) is 0 Å². The van der Waals surface area contributed by atoms with Gasteiger partial charge in [-0.25, -0.2) is 0 Å². The van der Waals surface area contributed by atoms with Crippen LogP contribution in [0.25, 0.3) is 0 Å². The third kappa shape index (κ3) is 8.02. The molecule has 0 spiro atoms. The summed E-state index contributed by atoms with van der Waals surface area (Å²) in [6.07, 6.45) is 3.24. The average Bonchev–Trinajstić information content (AvgIpc) is 2.73. The zero-order chi connectivity index (χ0) is 20.1. The molecule has 5 nitrogen and oxygen atoms in total. The van der Waals surface area contributed by atoms with E-state index in [1.165, 1.54) is 5.56 Å². The highest BCUT2D eigenvalue weighted by Gasteiger charge is 2.32. The van der Waals surface area contributed by atoms with E-state index in [4.69, 9.17) is 14.5 Å². The lowest BCUT2D eigenvalue weighted by Gasteiger charge is -2.35. The number of nitrogens with zero attached hydrogens (tertiary/aromatic N) is 1. The molecule has 158 valence electrons. The Morgan fingerprint density at radius 2 is 1.96 bits per heavy atom. The summed E-state index contributed by atoms with van der Waals surface area (Å²) in [5.74, 6) is 2.03. The van der Waals surface area contributed by atoms with E-state index in [0.29, 0.717) is 0 Å². The molecular formula is C22H37N3O2S. The molecular weight excluding hydrogens is 370 g/mol. The largest absolute Gasteiger partial charge is 0.381 e. The number of guanidine groups is 1. The lowest BCUT2D eigenvalue weighted by molar-refractivity contribution is 0.0646. The number of thioether (sulfide) groups is 1. The maximum absolute atomic E-state index is 5.96. The van der Waals surface area contributed by atoms with Gasteiger partial charge in [0.25, 0.3) is 0 Å². The van der Waals surface area contributed by atoms with Gasteiger partial charge in [-0.3, -0.25) is 4.99 Å². The van der Waals surface area contributed by atoms with E-state index in [1.54, 1.807) is 0 Å². The Morgan fingerprint density at radius 1 is 1.21 bits per heavy atom. The molecule has 1 aliphatic rings. The molecule has 1 aromatic carbocycles. The zero-order valence-electron chi connectivity index (χ0n) is 17.7. The van der Waals surface area contributed by atoms with Crippen LogP contribution < -0.4 is 10.6 Å². The van der Waals surface area contributed by atoms with Crippen LogP contribution in [0.5, 0.6) is 0 Å². The van der Waals surface area contributed by atoms with Gasteiger partial charge in [0.05, 0.1) is 12.6 Å². The molecule has 0 amide bonds. The predicted octanol–water partition coefficient (Wildman–Crippen LogP) is 4.01. The Balaban J connectivity index is 1.74. The molecule has 0 aliphatic carbocycles. The van der Waals surface area contributed by atoms with E-state index < -0.39 is 0 Å². The number of nitrogens with one attached hydrogen (secondary N) is 2. The second-order valence-corrected chi connectivity index (χ2v) is 8.86. The van der Waals surface area contributed by atoms with Crippen LogP contribution in [-0.2, 0) is 9.47 Å². The van der Waals surface area contributed by atoms with E-state index in [2.05, 4.69) is 55.7 Å². The van der Waals surface area contributed by atoms with Crippen LogP contribution in [-0.4, -0.2) is 55.9 Å². The first-order valence-corrected chi connectivity index (χ1v) is 11.6. The van der Waals surface area contributed by atoms with Gasteiger partial charge in [0.15, 0.2) is 5.96 Å². The maximum atomic E-state index is 5.96. The molecule has 6 heteroatoms. The smallest absolute Gasteiger partial charge is 0.191 e. The standard InChI is InChI=1S/C22H37N3O2S/c1-4-23-21(25-18-22(28-5-2)12-16-26-17-13-22)24-14-9-15-27-19(3)20-10-7-6-8-11-20/h6-8,10-11,19H,4-5,9,12-18H2,1-3H3,(H2,23,24,25). The van der Waals surface area contributed by atoms with Gasteiger partial charge in [0.1, 0.15) is 0 Å². The SMILES string of the molecule is CCNC(=NCC1(SCC)CCOCC1)NCCCOC(C)c1ccccc1. The van der Waals surface area contributed by atoms with Gasteiger partial charge >= 0.3 is 0 Å². The molecule has 0 bridgehead atoms. The van der Waals surface area contributed by atoms with Gasteiger partial charge in [-0.05, 0) is 44.4 Å². The van der Waals surface area contributed by atoms with E-state index >= 15 is 0 Å². The quantitative estimate of drug-likeness (QED) is 0.330. The topological polar surface area (TPSA) is 54.9 Å². The van der Waals surface area contributed by atoms with Gasteiger partial charge in [0.2, 0.25) is 0 Å². The first-order valence-electron chi connectivity index (χ1n) is 10.6. The van der Waals surface area contributed by atoms with Crippen molar-refractivity contribution in [3.05, 3.63) is 35.9 Å². The van der Waals surface area contributed by atoms with Crippen LogP contribution in [0.3, 0.4) is 0 Å². The molecule has 1 aliphatic heterocycles. The molecule has 1 fully saturated rings. The molecule has 1 saturated heterocycles. The highest BCUT2D eigenvalue weighted by Crippen LogP contribution is 2.35. The molecule has 1 unspecified atom stereocenters. The summed E-state index contributed by atoms with van der Waals surface area (Å²) in [4.78, 5) is 4.89. The number of benzene rings is 1. The van der Waals surface area contributed by atoms with Crippen molar-refractivity contribution in [2.24, 2.45) is 4.99 Å². The number of rotatable bonds is 11. The minimum Gasteiger partial charge on any atom is -0.381 e. The van der Waals surface area contributed by atoms with Crippen LogP contribution in [0.1, 0.15) is 51.7 Å². The Bertz CT molecular complexity index is 557. The van der Waals surface area contributed by atoms with E-state index in [-0.39, 0.29) is 10.9 Å². The van der Waals surface area contributed by atoms with Crippen molar-refractivity contribution in [1.29, 1.82) is 0 Å². The monoisotopic (exact) mass is 407 g/mol. The fourth-order valence-corrected chi connectivity index (χ4v) is 4.55. The fraction of sp³-hybridized carbons (Fsp3) is 0.682. The molecule has 0 aromatic heterocycles. The van der Waals surface area contributed by atoms with Gasteiger partial charge in [-0.15, -0.1) is 0 Å². The summed E-state index contributed by atoms with van der Waals surface area (Å²) in [5.41, 5.74) is 1.22. The summed E-state index contributed by atoms with van der Waals surface area (Å²) in [6.45, 7) is 11.4. The Hall–Kier alpha value is -1.24. The minimum absolute atomic E-state index is 0.127. The Morgan fingerprint density at radius 3 is 2.64 bits per heavy atom. The van der Waals surface area contributed by atoms with Crippen molar-refractivity contribution in [2.45, 2.75) is 50.9 Å². The maximum Gasteiger partial charge on any atom is 0.191 e. The highest BCUT2D eigenvalue weighted by molar-refractivity contribution is 8.00. The summed E-state index contributed by atoms with van der Waals surface area (Å²) >= 11 is 2.03. The molecule has 1 aromatic rings. The lowest BCUT2D eigenvalue weighted by atomic mass is 9.99. The summed E-state index contributed by atoms with van der Waals surface area (Å²) in [6, 6.07) is 10.4. The Kier molecular flexibility index (Phi) is 10.8. The van der Waals surface area contributed by atoms with Crippen molar-refractivity contribution in [2.75, 3.05) is 45.2 Å². The second kappa shape index (κ2) is 13.1. The van der Waals surface area contributed by atoms with Crippen LogP contribution in [0.2, 0.25) is 0 Å². The average molecular weight is 408 g/mol. The number of ether oxygens (including phenoxy) is 2. The van der Waals surface area contributed by atoms with Crippen molar-refractivity contribution < 1.29 is 9.47 Å².